The minimum absolute atomic E-state index is 0.0964. The molecule has 2 rings (SSSR count). The molecule has 17 heavy (non-hydrogen) atoms. The molecule has 0 saturated carbocycles. The van der Waals surface area contributed by atoms with Crippen molar-refractivity contribution in [3.8, 4) is 0 Å². The zero-order valence-electron chi connectivity index (χ0n) is 10.7. The molecule has 1 aliphatic heterocycles. The Morgan fingerprint density at radius 3 is 3.24 bits per heavy atom. The van der Waals surface area contributed by atoms with E-state index in [1.807, 2.05) is 6.20 Å². The van der Waals surface area contributed by atoms with Crippen LogP contribution >= 0.6 is 0 Å². The summed E-state index contributed by atoms with van der Waals surface area (Å²) >= 11 is 0. The van der Waals surface area contributed by atoms with E-state index in [0.29, 0.717) is 0 Å². The monoisotopic (exact) mass is 238 g/mol. The molecule has 0 aliphatic carbocycles. The summed E-state index contributed by atoms with van der Waals surface area (Å²) in [6, 6.07) is 0. The van der Waals surface area contributed by atoms with Crippen molar-refractivity contribution < 1.29 is 4.74 Å². The number of nitrogens with one attached hydrogen (secondary N) is 2. The maximum Gasteiger partial charge on any atom is 0.136 e. The first kappa shape index (κ1) is 12.5. The van der Waals surface area contributed by atoms with Gasteiger partial charge in [0.2, 0.25) is 0 Å². The molecule has 5 nitrogen and oxygen atoms in total. The van der Waals surface area contributed by atoms with Gasteiger partial charge in [0, 0.05) is 31.5 Å². The van der Waals surface area contributed by atoms with Crippen molar-refractivity contribution in [1.29, 1.82) is 0 Å². The number of H-pyrrole nitrogens is 1. The first-order chi connectivity index (χ1) is 8.33. The normalized spacial score (nSPS) is 21.9. The number of imidazole rings is 1. The Morgan fingerprint density at radius 2 is 2.47 bits per heavy atom. The topological polar surface area (TPSA) is 53.2 Å². The van der Waals surface area contributed by atoms with Crippen molar-refractivity contribution in [2.75, 3.05) is 32.8 Å². The Kier molecular flexibility index (Phi) is 4.53. The molecule has 0 spiro atoms. The lowest BCUT2D eigenvalue weighted by Crippen LogP contribution is -2.38. The zero-order valence-corrected chi connectivity index (χ0v) is 10.7. The standard InChI is InChI=1S/C12H22N4O/c1-3-13-7-10-8-14-12(15-10)11-9-16(4-2)5-6-17-11/h8,11,13H,3-7,9H2,1-2H3,(H,14,15). The summed E-state index contributed by atoms with van der Waals surface area (Å²) in [6.07, 6.45) is 1.99. The van der Waals surface area contributed by atoms with Gasteiger partial charge in [-0.3, -0.25) is 4.90 Å². The molecule has 1 fully saturated rings. The maximum absolute atomic E-state index is 5.76. The van der Waals surface area contributed by atoms with E-state index in [1.54, 1.807) is 0 Å². The van der Waals surface area contributed by atoms with Crippen LogP contribution in [0.4, 0.5) is 0 Å². The van der Waals surface area contributed by atoms with Gasteiger partial charge in [0.15, 0.2) is 0 Å². The lowest BCUT2D eigenvalue weighted by atomic mass is 10.2. The van der Waals surface area contributed by atoms with Crippen LogP contribution in [0, 0.1) is 0 Å². The fourth-order valence-corrected chi connectivity index (χ4v) is 2.04. The number of aromatic nitrogens is 2. The number of hydrogen-bond donors (Lipinski definition) is 2. The van der Waals surface area contributed by atoms with Crippen molar-refractivity contribution in [2.45, 2.75) is 26.5 Å². The molecule has 1 atom stereocenters. The molecule has 1 unspecified atom stereocenters. The summed E-state index contributed by atoms with van der Waals surface area (Å²) in [5, 5.41) is 3.28. The van der Waals surface area contributed by atoms with Crippen LogP contribution in [0.3, 0.4) is 0 Å². The molecule has 0 radical (unpaired) electrons. The SMILES string of the molecule is CCNCc1cnc(C2CN(CC)CCO2)[nH]1. The summed E-state index contributed by atoms with van der Waals surface area (Å²) in [4.78, 5) is 10.1. The third kappa shape index (κ3) is 3.28. The van der Waals surface area contributed by atoms with Gasteiger partial charge < -0.3 is 15.0 Å². The quantitative estimate of drug-likeness (QED) is 0.800. The predicted molar refractivity (Wildman–Crippen MR) is 66.8 cm³/mol. The number of rotatable bonds is 5. The van der Waals surface area contributed by atoms with Crippen LogP contribution in [0.25, 0.3) is 0 Å². The highest BCUT2D eigenvalue weighted by atomic mass is 16.5. The number of morpholine rings is 1. The number of hydrogen-bond acceptors (Lipinski definition) is 4. The highest BCUT2D eigenvalue weighted by Crippen LogP contribution is 2.19. The van der Waals surface area contributed by atoms with E-state index in [-0.39, 0.29) is 6.10 Å². The minimum atomic E-state index is 0.0964. The third-order valence-corrected chi connectivity index (χ3v) is 3.12. The van der Waals surface area contributed by atoms with Gasteiger partial charge in [0.25, 0.3) is 0 Å². The Morgan fingerprint density at radius 1 is 1.59 bits per heavy atom. The predicted octanol–water partition coefficient (Wildman–Crippen LogP) is 0.912. The van der Waals surface area contributed by atoms with Crippen molar-refractivity contribution in [2.24, 2.45) is 0 Å². The second-order valence-electron chi connectivity index (χ2n) is 4.33. The van der Waals surface area contributed by atoms with E-state index in [4.69, 9.17) is 4.74 Å². The Labute approximate surface area is 103 Å². The molecule has 96 valence electrons. The van der Waals surface area contributed by atoms with Gasteiger partial charge in [-0.25, -0.2) is 4.98 Å². The molecule has 0 amide bonds. The fourth-order valence-electron chi connectivity index (χ4n) is 2.04. The van der Waals surface area contributed by atoms with Crippen LogP contribution < -0.4 is 5.32 Å². The second-order valence-corrected chi connectivity index (χ2v) is 4.33. The van der Waals surface area contributed by atoms with Crippen molar-refractivity contribution >= 4 is 0 Å². The average Bonchev–Trinajstić information content (AvgIpc) is 2.85. The lowest BCUT2D eigenvalue weighted by molar-refractivity contribution is -0.0322. The Bertz CT molecular complexity index is 339. The van der Waals surface area contributed by atoms with Gasteiger partial charge in [-0.05, 0) is 13.1 Å². The smallest absolute Gasteiger partial charge is 0.136 e. The summed E-state index contributed by atoms with van der Waals surface area (Å²) in [7, 11) is 0. The van der Waals surface area contributed by atoms with E-state index < -0.39 is 0 Å². The molecule has 2 N–H and O–H groups in total. The van der Waals surface area contributed by atoms with Gasteiger partial charge in [0.05, 0.1) is 6.61 Å². The van der Waals surface area contributed by atoms with Crippen molar-refractivity contribution in [1.82, 2.24) is 20.2 Å². The van der Waals surface area contributed by atoms with E-state index in [9.17, 15) is 0 Å². The summed E-state index contributed by atoms with van der Waals surface area (Å²) in [5.41, 5.74) is 1.12. The van der Waals surface area contributed by atoms with E-state index in [2.05, 4.69) is 34.0 Å². The van der Waals surface area contributed by atoms with E-state index in [1.165, 1.54) is 0 Å². The minimum Gasteiger partial charge on any atom is -0.368 e. The van der Waals surface area contributed by atoms with Crippen LogP contribution in [0.1, 0.15) is 31.5 Å². The number of nitrogens with zero attached hydrogens (tertiary/aromatic N) is 2. The van der Waals surface area contributed by atoms with Gasteiger partial charge in [-0.15, -0.1) is 0 Å². The van der Waals surface area contributed by atoms with Gasteiger partial charge in [0.1, 0.15) is 11.9 Å². The number of likely N-dealkylation sites (N-methyl/N-ethyl adjacent to an activating group) is 1. The average molecular weight is 238 g/mol. The van der Waals surface area contributed by atoms with Crippen LogP contribution in [-0.4, -0.2) is 47.7 Å². The van der Waals surface area contributed by atoms with Crippen molar-refractivity contribution in [3.63, 3.8) is 0 Å². The van der Waals surface area contributed by atoms with Crippen molar-refractivity contribution in [3.05, 3.63) is 17.7 Å². The highest BCUT2D eigenvalue weighted by Gasteiger charge is 2.23. The van der Waals surface area contributed by atoms with E-state index >= 15 is 0 Å². The van der Waals surface area contributed by atoms with Crippen LogP contribution in [0.15, 0.2) is 6.20 Å². The maximum atomic E-state index is 5.76. The number of ether oxygens (including phenoxy) is 1. The lowest BCUT2D eigenvalue weighted by Gasteiger charge is -2.30. The number of aromatic amines is 1. The largest absolute Gasteiger partial charge is 0.368 e. The molecule has 0 aromatic carbocycles. The molecule has 1 aromatic rings. The molecule has 1 saturated heterocycles. The molecular weight excluding hydrogens is 216 g/mol. The molecule has 1 aliphatic rings. The Balaban J connectivity index is 1.94. The second kappa shape index (κ2) is 6.14. The fraction of sp³-hybridized carbons (Fsp3) is 0.750. The van der Waals surface area contributed by atoms with Crippen LogP contribution in [0.2, 0.25) is 0 Å². The molecule has 1 aromatic heterocycles. The summed E-state index contributed by atoms with van der Waals surface area (Å²) in [5.74, 6) is 0.955. The van der Waals surface area contributed by atoms with Gasteiger partial charge >= 0.3 is 0 Å². The summed E-state index contributed by atoms with van der Waals surface area (Å²) < 4.78 is 5.76. The zero-order chi connectivity index (χ0) is 12.1. The Hall–Kier alpha value is -0.910. The highest BCUT2D eigenvalue weighted by molar-refractivity contribution is 5.04. The van der Waals surface area contributed by atoms with Crippen LogP contribution in [0.5, 0.6) is 0 Å². The molecule has 5 heteroatoms. The molecule has 0 bridgehead atoms. The first-order valence-corrected chi connectivity index (χ1v) is 6.42. The van der Waals surface area contributed by atoms with E-state index in [0.717, 1.165) is 50.8 Å². The molecule has 2 heterocycles. The van der Waals surface area contributed by atoms with Gasteiger partial charge in [-0.1, -0.05) is 13.8 Å². The van der Waals surface area contributed by atoms with Crippen LogP contribution in [-0.2, 0) is 11.3 Å². The van der Waals surface area contributed by atoms with Gasteiger partial charge in [-0.2, -0.15) is 0 Å². The third-order valence-electron chi connectivity index (χ3n) is 3.12. The summed E-state index contributed by atoms with van der Waals surface area (Å²) in [6.45, 7) is 9.92. The molecular formula is C12H22N4O. The first-order valence-electron chi connectivity index (χ1n) is 6.42.